The quantitative estimate of drug-likeness (QED) is 0.706. The van der Waals surface area contributed by atoms with Gasteiger partial charge in [-0.1, -0.05) is 18.2 Å². The van der Waals surface area contributed by atoms with Crippen LogP contribution >= 0.6 is 0 Å². The number of hydrogen-bond donors (Lipinski definition) is 0. The van der Waals surface area contributed by atoms with Gasteiger partial charge in [0.05, 0.1) is 5.39 Å². The number of benzene rings is 2. The fourth-order valence-electron chi connectivity index (χ4n) is 3.14. The first-order valence-corrected chi connectivity index (χ1v) is 8.45. The van der Waals surface area contributed by atoms with Crippen LogP contribution in [-0.2, 0) is 4.74 Å². The maximum atomic E-state index is 14.3. The van der Waals surface area contributed by atoms with Crippen LogP contribution in [0.4, 0.5) is 14.6 Å². The summed E-state index contributed by atoms with van der Waals surface area (Å²) in [5, 5.41) is 5.52. The van der Waals surface area contributed by atoms with Crippen LogP contribution in [0.5, 0.6) is 0 Å². The molecule has 26 heavy (non-hydrogen) atoms. The molecule has 0 spiro atoms. The number of fused-ring (bicyclic) bond motifs is 1. The summed E-state index contributed by atoms with van der Waals surface area (Å²) < 4.78 is 34.1. The smallest absolute Gasteiger partial charge is 0.279 e. The molecule has 2 heterocycles. The highest BCUT2D eigenvalue weighted by molar-refractivity contribution is 5.91. The highest BCUT2D eigenvalue weighted by Gasteiger charge is 2.19. The summed E-state index contributed by atoms with van der Waals surface area (Å²) in [6.45, 7) is 1.74. The average molecular weight is 357 g/mol. The van der Waals surface area contributed by atoms with E-state index in [2.05, 4.69) is 5.10 Å². The minimum Gasteiger partial charge on any atom is -0.361 e. The fraction of sp³-hybridized carbons (Fsp3) is 0.263. The highest BCUT2D eigenvalue weighted by atomic mass is 19.1. The largest absolute Gasteiger partial charge is 0.361 e. The lowest BCUT2D eigenvalue weighted by Gasteiger charge is -2.23. The lowest BCUT2D eigenvalue weighted by atomic mass is 10.1. The maximum Gasteiger partial charge on any atom is 0.279 e. The lowest BCUT2D eigenvalue weighted by molar-refractivity contribution is 0.145. The monoisotopic (exact) mass is 357 g/mol. The molecular weight excluding hydrogens is 340 g/mol. The van der Waals surface area contributed by atoms with E-state index in [1.54, 1.807) is 12.1 Å². The first-order chi connectivity index (χ1) is 12.6. The molecule has 134 valence electrons. The molecule has 0 bridgehead atoms. The average Bonchev–Trinajstić information content (AvgIpc) is 2.92. The minimum absolute atomic E-state index is 0.0841. The molecule has 0 atom stereocenters. The second-order valence-electron chi connectivity index (χ2n) is 6.19. The van der Waals surface area contributed by atoms with Crippen LogP contribution < -0.4 is 10.5 Å². The van der Waals surface area contributed by atoms with Crippen LogP contribution in [-0.4, -0.2) is 29.7 Å². The van der Waals surface area contributed by atoms with Crippen molar-refractivity contribution in [2.75, 3.05) is 24.8 Å². The third-order valence-electron chi connectivity index (χ3n) is 4.44. The first kappa shape index (κ1) is 16.7. The van der Waals surface area contributed by atoms with Crippen molar-refractivity contribution in [3.05, 3.63) is 64.5 Å². The van der Waals surface area contributed by atoms with Crippen LogP contribution in [0.15, 0.2) is 47.3 Å². The Balaban J connectivity index is 1.96. The molecule has 5 nitrogen and oxygen atoms in total. The van der Waals surface area contributed by atoms with E-state index in [4.69, 9.17) is 4.74 Å². The van der Waals surface area contributed by atoms with E-state index in [1.807, 2.05) is 17.0 Å². The standard InChI is InChI=1S/C19H17F2N3O2/c20-13-7-8-17(16(21)11-13)24-19(25)15-6-2-1-5-14(15)18(22-24)23-9-3-4-10-26-12-23/h1-2,5-8,11H,3-4,9-10,12H2. The molecule has 3 aromatic rings. The van der Waals surface area contributed by atoms with E-state index < -0.39 is 17.2 Å². The Kier molecular flexibility index (Phi) is 4.38. The van der Waals surface area contributed by atoms with Crippen LogP contribution in [0, 0.1) is 11.6 Å². The van der Waals surface area contributed by atoms with Gasteiger partial charge in [-0.2, -0.15) is 4.68 Å². The Morgan fingerprint density at radius 3 is 2.65 bits per heavy atom. The van der Waals surface area contributed by atoms with Gasteiger partial charge in [-0.25, -0.2) is 8.78 Å². The molecule has 0 aliphatic carbocycles. The Morgan fingerprint density at radius 2 is 1.85 bits per heavy atom. The third-order valence-corrected chi connectivity index (χ3v) is 4.44. The van der Waals surface area contributed by atoms with Crippen molar-refractivity contribution in [3.8, 4) is 5.69 Å². The van der Waals surface area contributed by atoms with E-state index in [9.17, 15) is 13.6 Å². The van der Waals surface area contributed by atoms with Crippen molar-refractivity contribution in [3.63, 3.8) is 0 Å². The Morgan fingerprint density at radius 1 is 1.04 bits per heavy atom. The van der Waals surface area contributed by atoms with Crippen molar-refractivity contribution in [2.24, 2.45) is 0 Å². The molecule has 7 heteroatoms. The zero-order chi connectivity index (χ0) is 18.1. The maximum absolute atomic E-state index is 14.3. The van der Waals surface area contributed by atoms with Gasteiger partial charge in [0.2, 0.25) is 0 Å². The number of halogens is 2. The number of hydrogen-bond acceptors (Lipinski definition) is 4. The predicted molar refractivity (Wildman–Crippen MR) is 94.7 cm³/mol. The summed E-state index contributed by atoms with van der Waals surface area (Å²) in [5.74, 6) is -1.000. The van der Waals surface area contributed by atoms with E-state index in [0.29, 0.717) is 29.9 Å². The summed E-state index contributed by atoms with van der Waals surface area (Å²) in [5.41, 5.74) is -0.537. The lowest BCUT2D eigenvalue weighted by Crippen LogP contribution is -2.31. The number of rotatable bonds is 2. The van der Waals surface area contributed by atoms with Crippen molar-refractivity contribution < 1.29 is 13.5 Å². The van der Waals surface area contributed by atoms with Gasteiger partial charge in [0.1, 0.15) is 18.2 Å². The van der Waals surface area contributed by atoms with Gasteiger partial charge in [0.15, 0.2) is 11.6 Å². The number of ether oxygens (including phenoxy) is 1. The van der Waals surface area contributed by atoms with Crippen molar-refractivity contribution in [1.82, 2.24) is 9.78 Å². The number of anilines is 1. The summed E-state index contributed by atoms with van der Waals surface area (Å²) in [7, 11) is 0. The summed E-state index contributed by atoms with van der Waals surface area (Å²) in [4.78, 5) is 14.8. The molecule has 1 aliphatic rings. The third kappa shape index (κ3) is 2.94. The molecule has 0 saturated carbocycles. The van der Waals surface area contributed by atoms with E-state index in [1.165, 1.54) is 6.07 Å². The Labute approximate surface area is 148 Å². The van der Waals surface area contributed by atoms with Crippen molar-refractivity contribution in [2.45, 2.75) is 12.8 Å². The van der Waals surface area contributed by atoms with Crippen molar-refractivity contribution in [1.29, 1.82) is 0 Å². The van der Waals surface area contributed by atoms with Crippen LogP contribution in [0.1, 0.15) is 12.8 Å². The van der Waals surface area contributed by atoms with Gasteiger partial charge in [-0.05, 0) is 31.0 Å². The summed E-state index contributed by atoms with van der Waals surface area (Å²) >= 11 is 0. The SMILES string of the molecule is O=c1c2ccccc2c(N2CCCCOC2)nn1-c1ccc(F)cc1F. The molecule has 0 radical (unpaired) electrons. The van der Waals surface area contributed by atoms with Crippen LogP contribution in [0.25, 0.3) is 16.5 Å². The van der Waals surface area contributed by atoms with E-state index >= 15 is 0 Å². The molecule has 1 aliphatic heterocycles. The summed E-state index contributed by atoms with van der Waals surface area (Å²) in [6.07, 6.45) is 1.88. The second kappa shape index (κ2) is 6.84. The predicted octanol–water partition coefficient (Wildman–Crippen LogP) is 3.24. The molecule has 0 N–H and O–H groups in total. The van der Waals surface area contributed by atoms with Gasteiger partial charge >= 0.3 is 0 Å². The molecule has 0 unspecified atom stereocenters. The minimum atomic E-state index is -0.840. The zero-order valence-corrected chi connectivity index (χ0v) is 14.0. The molecule has 2 aromatic carbocycles. The molecule has 4 rings (SSSR count). The Bertz CT molecular complexity index is 1010. The second-order valence-corrected chi connectivity index (χ2v) is 6.19. The number of nitrogens with zero attached hydrogens (tertiary/aromatic N) is 3. The Hall–Kier alpha value is -2.80. The molecule has 1 fully saturated rings. The van der Waals surface area contributed by atoms with Gasteiger partial charge in [-0.15, -0.1) is 5.10 Å². The summed E-state index contributed by atoms with van der Waals surface area (Å²) in [6, 6.07) is 10.1. The normalized spacial score (nSPS) is 15.2. The topological polar surface area (TPSA) is 47.4 Å². The van der Waals surface area contributed by atoms with Crippen LogP contribution in [0.2, 0.25) is 0 Å². The van der Waals surface area contributed by atoms with Gasteiger partial charge in [-0.3, -0.25) is 4.79 Å². The molecule has 1 saturated heterocycles. The van der Waals surface area contributed by atoms with Gasteiger partial charge in [0.25, 0.3) is 5.56 Å². The van der Waals surface area contributed by atoms with E-state index in [0.717, 1.165) is 36.2 Å². The highest BCUT2D eigenvalue weighted by Crippen LogP contribution is 2.25. The first-order valence-electron chi connectivity index (χ1n) is 8.45. The molecular formula is C19H17F2N3O2. The molecule has 1 aromatic heterocycles. The number of aromatic nitrogens is 2. The molecule has 0 amide bonds. The van der Waals surface area contributed by atoms with Gasteiger partial charge < -0.3 is 9.64 Å². The van der Waals surface area contributed by atoms with E-state index in [-0.39, 0.29) is 5.69 Å². The van der Waals surface area contributed by atoms with Crippen molar-refractivity contribution >= 4 is 16.6 Å². The van der Waals surface area contributed by atoms with Gasteiger partial charge in [0, 0.05) is 24.6 Å². The fourth-order valence-corrected chi connectivity index (χ4v) is 3.14. The zero-order valence-electron chi connectivity index (χ0n) is 14.0. The van der Waals surface area contributed by atoms with Crippen LogP contribution in [0.3, 0.4) is 0 Å².